The molecular weight excluding hydrogens is 266 g/mol. The molecule has 1 fully saturated rings. The van der Waals surface area contributed by atoms with Crippen LogP contribution in [0.5, 0.6) is 0 Å². The van der Waals surface area contributed by atoms with Crippen molar-refractivity contribution >= 4 is 21.7 Å². The average Bonchev–Trinajstić information content (AvgIpc) is 2.29. The number of hydrogen-bond acceptors (Lipinski definition) is 2. The second-order valence-corrected chi connectivity index (χ2v) is 6.02. The summed E-state index contributed by atoms with van der Waals surface area (Å²) in [4.78, 5) is 14.6. The highest BCUT2D eigenvalue weighted by atomic mass is 79.9. The normalized spacial score (nSPS) is 26.6. The number of rotatable bonds is 2. The number of Topliss-reactive ketones (excluding diaryl/α,β-unsaturated/α-hetero) is 1. The van der Waals surface area contributed by atoms with Crippen molar-refractivity contribution in [3.63, 3.8) is 0 Å². The van der Waals surface area contributed by atoms with Crippen LogP contribution in [0.15, 0.2) is 30.3 Å². The molecule has 0 amide bonds. The number of piperidine rings is 1. The molecule has 1 atom stereocenters. The quantitative estimate of drug-likeness (QED) is 0.614. The van der Waals surface area contributed by atoms with Gasteiger partial charge >= 0.3 is 0 Å². The van der Waals surface area contributed by atoms with E-state index in [1.54, 1.807) is 0 Å². The standard InChI is InChI=1S/C13H16BrNO/c1-15-9-5-8-13(14,10-15)12(16)11-6-3-2-4-7-11/h2-4,6-7H,5,8-10H2,1H3/t13-/m0/s1. The van der Waals surface area contributed by atoms with Gasteiger partial charge in [-0.05, 0) is 26.4 Å². The predicted octanol–water partition coefficient (Wildman–Crippen LogP) is 2.73. The second kappa shape index (κ2) is 4.68. The molecule has 1 aliphatic rings. The first-order valence-corrected chi connectivity index (χ1v) is 6.38. The number of nitrogens with zero attached hydrogens (tertiary/aromatic N) is 1. The maximum absolute atomic E-state index is 12.4. The lowest BCUT2D eigenvalue weighted by molar-refractivity contribution is 0.0889. The third-order valence-corrected chi connectivity index (χ3v) is 4.08. The Morgan fingerprint density at radius 3 is 2.69 bits per heavy atom. The second-order valence-electron chi connectivity index (χ2n) is 4.50. The fraction of sp³-hybridized carbons (Fsp3) is 0.462. The Kier molecular flexibility index (Phi) is 3.45. The van der Waals surface area contributed by atoms with E-state index >= 15 is 0 Å². The van der Waals surface area contributed by atoms with Gasteiger partial charge in [0.15, 0.2) is 5.78 Å². The van der Waals surface area contributed by atoms with Gasteiger partial charge in [0.05, 0.1) is 0 Å². The maximum atomic E-state index is 12.4. The van der Waals surface area contributed by atoms with Gasteiger partial charge in [0.1, 0.15) is 4.32 Å². The molecule has 0 radical (unpaired) electrons. The Labute approximate surface area is 105 Å². The van der Waals surface area contributed by atoms with E-state index in [0.29, 0.717) is 0 Å². The molecule has 1 saturated heterocycles. The first-order chi connectivity index (χ1) is 7.62. The first-order valence-electron chi connectivity index (χ1n) is 5.59. The zero-order valence-corrected chi connectivity index (χ0v) is 11.0. The largest absolute Gasteiger partial charge is 0.305 e. The van der Waals surface area contributed by atoms with Crippen LogP contribution in [0.25, 0.3) is 0 Å². The van der Waals surface area contributed by atoms with Crippen LogP contribution in [-0.2, 0) is 0 Å². The minimum absolute atomic E-state index is 0.208. The summed E-state index contributed by atoms with van der Waals surface area (Å²) in [6.07, 6.45) is 1.99. The fourth-order valence-corrected chi connectivity index (χ4v) is 3.19. The number of hydrogen-bond donors (Lipinski definition) is 0. The van der Waals surface area contributed by atoms with E-state index in [-0.39, 0.29) is 10.1 Å². The van der Waals surface area contributed by atoms with E-state index in [2.05, 4.69) is 27.9 Å². The van der Waals surface area contributed by atoms with Crippen LogP contribution >= 0.6 is 15.9 Å². The Morgan fingerprint density at radius 1 is 1.38 bits per heavy atom. The minimum Gasteiger partial charge on any atom is -0.305 e. The zero-order valence-electron chi connectivity index (χ0n) is 9.45. The molecule has 3 heteroatoms. The van der Waals surface area contributed by atoms with Gasteiger partial charge in [-0.1, -0.05) is 46.3 Å². The van der Waals surface area contributed by atoms with Gasteiger partial charge in [-0.15, -0.1) is 0 Å². The maximum Gasteiger partial charge on any atom is 0.180 e. The van der Waals surface area contributed by atoms with Crippen molar-refractivity contribution in [3.8, 4) is 0 Å². The van der Waals surface area contributed by atoms with Gasteiger partial charge in [0, 0.05) is 12.1 Å². The summed E-state index contributed by atoms with van der Waals surface area (Å²) in [5.41, 5.74) is 0.801. The van der Waals surface area contributed by atoms with Crippen LogP contribution < -0.4 is 0 Å². The van der Waals surface area contributed by atoms with Crippen molar-refractivity contribution in [1.29, 1.82) is 0 Å². The SMILES string of the molecule is CN1CCC[C@@](Br)(C(=O)c2ccccc2)C1. The van der Waals surface area contributed by atoms with Crippen LogP contribution in [0.2, 0.25) is 0 Å². The van der Waals surface area contributed by atoms with Crippen molar-refractivity contribution in [3.05, 3.63) is 35.9 Å². The predicted molar refractivity (Wildman–Crippen MR) is 69.2 cm³/mol. The summed E-state index contributed by atoms with van der Waals surface area (Å²) in [5, 5.41) is 0. The lowest BCUT2D eigenvalue weighted by Crippen LogP contribution is -2.47. The first kappa shape index (κ1) is 11.8. The van der Waals surface area contributed by atoms with Crippen molar-refractivity contribution in [2.24, 2.45) is 0 Å². The molecule has 0 bridgehead atoms. The highest BCUT2D eigenvalue weighted by Gasteiger charge is 2.38. The molecule has 0 N–H and O–H groups in total. The number of carbonyl (C=O) groups excluding carboxylic acids is 1. The van der Waals surface area contributed by atoms with Gasteiger partial charge in [0.2, 0.25) is 0 Å². The molecule has 0 aliphatic carbocycles. The van der Waals surface area contributed by atoms with Crippen LogP contribution in [0.3, 0.4) is 0 Å². The molecule has 1 heterocycles. The molecule has 1 aliphatic heterocycles. The van der Waals surface area contributed by atoms with Crippen LogP contribution in [0, 0.1) is 0 Å². The number of benzene rings is 1. The molecule has 16 heavy (non-hydrogen) atoms. The topological polar surface area (TPSA) is 20.3 Å². The van der Waals surface area contributed by atoms with E-state index in [1.165, 1.54) is 0 Å². The van der Waals surface area contributed by atoms with Gasteiger partial charge in [0.25, 0.3) is 0 Å². The van der Waals surface area contributed by atoms with Crippen molar-refractivity contribution < 1.29 is 4.79 Å². The highest BCUT2D eigenvalue weighted by Crippen LogP contribution is 2.32. The van der Waals surface area contributed by atoms with E-state index in [4.69, 9.17) is 0 Å². The van der Waals surface area contributed by atoms with E-state index in [0.717, 1.165) is 31.5 Å². The smallest absolute Gasteiger partial charge is 0.180 e. The Morgan fingerprint density at radius 2 is 2.06 bits per heavy atom. The number of alkyl halides is 1. The summed E-state index contributed by atoms with van der Waals surface area (Å²) >= 11 is 3.65. The van der Waals surface area contributed by atoms with Gasteiger partial charge in [-0.2, -0.15) is 0 Å². The lowest BCUT2D eigenvalue weighted by atomic mass is 9.90. The highest BCUT2D eigenvalue weighted by molar-refractivity contribution is 9.10. The van der Waals surface area contributed by atoms with E-state index < -0.39 is 0 Å². The molecule has 1 aromatic carbocycles. The lowest BCUT2D eigenvalue weighted by Gasteiger charge is -2.35. The Hall–Kier alpha value is -0.670. The van der Waals surface area contributed by atoms with Crippen LogP contribution in [0.4, 0.5) is 0 Å². The third-order valence-electron chi connectivity index (χ3n) is 3.08. The number of carbonyl (C=O) groups is 1. The molecule has 86 valence electrons. The number of likely N-dealkylation sites (tertiary alicyclic amines) is 1. The molecular formula is C13H16BrNO. The Bertz CT molecular complexity index is 379. The number of ketones is 1. The van der Waals surface area contributed by atoms with Crippen LogP contribution in [0.1, 0.15) is 23.2 Å². The molecule has 0 aromatic heterocycles. The van der Waals surface area contributed by atoms with E-state index in [1.807, 2.05) is 30.3 Å². The zero-order chi connectivity index (χ0) is 11.6. The van der Waals surface area contributed by atoms with Crippen molar-refractivity contribution in [2.45, 2.75) is 17.2 Å². The number of halogens is 1. The summed E-state index contributed by atoms with van der Waals surface area (Å²) in [7, 11) is 2.06. The van der Waals surface area contributed by atoms with E-state index in [9.17, 15) is 4.79 Å². The molecule has 2 rings (SSSR count). The minimum atomic E-state index is -0.388. The molecule has 0 unspecified atom stereocenters. The summed E-state index contributed by atoms with van der Waals surface area (Å²) < 4.78 is -0.388. The monoisotopic (exact) mass is 281 g/mol. The van der Waals surface area contributed by atoms with Gasteiger partial charge in [-0.3, -0.25) is 4.79 Å². The average molecular weight is 282 g/mol. The van der Waals surface area contributed by atoms with Gasteiger partial charge < -0.3 is 4.90 Å². The van der Waals surface area contributed by atoms with Gasteiger partial charge in [-0.25, -0.2) is 0 Å². The third kappa shape index (κ3) is 2.36. The molecule has 1 aromatic rings. The van der Waals surface area contributed by atoms with Crippen molar-refractivity contribution in [1.82, 2.24) is 4.90 Å². The Balaban J connectivity index is 2.21. The fourth-order valence-electron chi connectivity index (χ4n) is 2.25. The summed E-state index contributed by atoms with van der Waals surface area (Å²) in [6, 6.07) is 9.54. The molecule has 0 saturated carbocycles. The summed E-state index contributed by atoms with van der Waals surface area (Å²) in [5.74, 6) is 0.208. The molecule has 2 nitrogen and oxygen atoms in total. The van der Waals surface area contributed by atoms with Crippen LogP contribution in [-0.4, -0.2) is 35.1 Å². The van der Waals surface area contributed by atoms with Crippen molar-refractivity contribution in [2.75, 3.05) is 20.1 Å². The molecule has 0 spiro atoms. The summed E-state index contributed by atoms with van der Waals surface area (Å²) in [6.45, 7) is 1.87.